The molecule has 1 saturated heterocycles. The van der Waals surface area contributed by atoms with Crippen LogP contribution in [-0.4, -0.2) is 50.6 Å². The summed E-state index contributed by atoms with van der Waals surface area (Å²) in [6.45, 7) is 12.2. The first-order chi connectivity index (χ1) is 18.6. The van der Waals surface area contributed by atoms with Gasteiger partial charge in [0.05, 0.1) is 0 Å². The third-order valence-electron chi connectivity index (χ3n) is 7.11. The number of fused-ring (bicyclic) bond motifs is 3. The summed E-state index contributed by atoms with van der Waals surface area (Å²) >= 11 is 0. The number of carbonyl (C=O) groups excluding carboxylic acids is 4. The largest absolute Gasteiger partial charge is 0.487 e. The number of aromatic nitrogens is 1. The first-order valence-electron chi connectivity index (χ1n) is 13.3. The van der Waals surface area contributed by atoms with Crippen LogP contribution in [0.4, 0.5) is 9.59 Å². The van der Waals surface area contributed by atoms with Crippen molar-refractivity contribution in [3.8, 4) is 5.75 Å². The van der Waals surface area contributed by atoms with Crippen molar-refractivity contribution in [2.24, 2.45) is 0 Å². The number of rotatable bonds is 3. The molecule has 0 saturated carbocycles. The van der Waals surface area contributed by atoms with Gasteiger partial charge in [0.15, 0.2) is 5.78 Å². The maximum Gasteiger partial charge on any atom is 0.419 e. The molecule has 2 unspecified atom stereocenters. The van der Waals surface area contributed by atoms with Crippen LogP contribution in [0.2, 0.25) is 0 Å². The van der Waals surface area contributed by atoms with Gasteiger partial charge in [-0.1, -0.05) is 36.4 Å². The standard InChI is InChI=1S/C31H34N2O7/c1-29(2,3)39-27(36)32-16-19-15-21-25(34)31(7,26(35)33(21)28(37)40-30(4,5)6)20-13-14-22(24(32)23(19)20)38-17-18-11-9-8-10-12-18/h8-14,16,21H,15,17H2,1-7H3. The highest BCUT2D eigenvalue weighted by Crippen LogP contribution is 2.48. The van der Waals surface area contributed by atoms with E-state index in [1.54, 1.807) is 59.9 Å². The van der Waals surface area contributed by atoms with Gasteiger partial charge in [-0.3, -0.25) is 9.59 Å². The molecule has 2 aromatic carbocycles. The smallest absolute Gasteiger partial charge is 0.419 e. The van der Waals surface area contributed by atoms with Crippen molar-refractivity contribution in [1.82, 2.24) is 9.47 Å². The number of imide groups is 1. The molecule has 1 fully saturated rings. The minimum atomic E-state index is -1.65. The molecule has 40 heavy (non-hydrogen) atoms. The van der Waals surface area contributed by atoms with Crippen LogP contribution in [0.15, 0.2) is 48.7 Å². The average Bonchev–Trinajstić information content (AvgIpc) is 3.28. The molecule has 2 amide bonds. The summed E-state index contributed by atoms with van der Waals surface area (Å²) in [5.41, 5.74) is -0.884. The fourth-order valence-electron chi connectivity index (χ4n) is 5.40. The molecule has 1 aliphatic carbocycles. The Balaban J connectivity index is 1.67. The van der Waals surface area contributed by atoms with Crippen LogP contribution >= 0.6 is 0 Å². The second kappa shape index (κ2) is 9.21. The van der Waals surface area contributed by atoms with Gasteiger partial charge in [-0.15, -0.1) is 0 Å². The number of hydrogen-bond donors (Lipinski definition) is 0. The Morgan fingerprint density at radius 1 is 0.925 bits per heavy atom. The van der Waals surface area contributed by atoms with Crippen molar-refractivity contribution < 1.29 is 33.4 Å². The van der Waals surface area contributed by atoms with E-state index in [1.807, 2.05) is 30.3 Å². The SMILES string of the molecule is CC(C)(C)OC(=O)N1C(=O)C2(C)C(=O)C1Cc1cn(C(=O)OC(C)(C)C)c3c(OCc4ccccc4)ccc2c13. The number of carbonyl (C=O) groups is 4. The van der Waals surface area contributed by atoms with Crippen LogP contribution < -0.4 is 4.74 Å². The van der Waals surface area contributed by atoms with Gasteiger partial charge in [0.2, 0.25) is 0 Å². The molecule has 1 aromatic heterocycles. The quantitative estimate of drug-likeness (QED) is 0.398. The van der Waals surface area contributed by atoms with E-state index < -0.39 is 40.8 Å². The van der Waals surface area contributed by atoms with E-state index in [0.29, 0.717) is 27.8 Å². The summed E-state index contributed by atoms with van der Waals surface area (Å²) in [6, 6.07) is 11.9. The lowest BCUT2D eigenvalue weighted by Gasteiger charge is -2.28. The van der Waals surface area contributed by atoms with Gasteiger partial charge in [0.1, 0.15) is 40.5 Å². The van der Waals surface area contributed by atoms with Crippen molar-refractivity contribution in [3.05, 3.63) is 65.4 Å². The number of amides is 2. The summed E-state index contributed by atoms with van der Waals surface area (Å²) < 4.78 is 18.8. The predicted octanol–water partition coefficient (Wildman–Crippen LogP) is 5.53. The number of Topliss-reactive ketones (excluding diaryl/α,β-unsaturated/α-hetero) is 1. The predicted molar refractivity (Wildman–Crippen MR) is 147 cm³/mol. The Morgan fingerprint density at radius 3 is 2.17 bits per heavy atom. The van der Waals surface area contributed by atoms with Gasteiger partial charge >= 0.3 is 12.2 Å². The van der Waals surface area contributed by atoms with Gasteiger partial charge in [0.25, 0.3) is 5.91 Å². The van der Waals surface area contributed by atoms with E-state index in [2.05, 4.69) is 0 Å². The molecule has 9 nitrogen and oxygen atoms in total. The molecule has 9 heteroatoms. The zero-order valence-electron chi connectivity index (χ0n) is 23.9. The van der Waals surface area contributed by atoms with E-state index in [0.717, 1.165) is 10.5 Å². The van der Waals surface area contributed by atoms with Crippen molar-refractivity contribution in [2.75, 3.05) is 0 Å². The van der Waals surface area contributed by atoms with Crippen LogP contribution in [-0.2, 0) is 37.5 Å². The van der Waals surface area contributed by atoms with Crippen LogP contribution in [0.5, 0.6) is 5.75 Å². The van der Waals surface area contributed by atoms with Crippen LogP contribution in [0.25, 0.3) is 10.9 Å². The molecule has 1 aliphatic heterocycles. The molecular weight excluding hydrogens is 512 g/mol. The highest BCUT2D eigenvalue weighted by Gasteiger charge is 2.62. The molecule has 5 rings (SSSR count). The molecule has 2 bridgehead atoms. The second-order valence-corrected chi connectivity index (χ2v) is 12.5. The Hall–Kier alpha value is -4.14. The van der Waals surface area contributed by atoms with E-state index in [9.17, 15) is 19.2 Å². The number of ether oxygens (including phenoxy) is 3. The lowest BCUT2D eigenvalue weighted by Crippen LogP contribution is -2.45. The summed E-state index contributed by atoms with van der Waals surface area (Å²) in [4.78, 5) is 55.2. The maximum absolute atomic E-state index is 13.8. The molecule has 2 heterocycles. The molecule has 0 spiro atoms. The molecule has 0 radical (unpaired) electrons. The maximum atomic E-state index is 13.8. The van der Waals surface area contributed by atoms with E-state index in [1.165, 1.54) is 11.5 Å². The Kier molecular flexibility index (Phi) is 6.32. The lowest BCUT2D eigenvalue weighted by molar-refractivity contribution is -0.133. The van der Waals surface area contributed by atoms with Gasteiger partial charge in [-0.05, 0) is 71.2 Å². The van der Waals surface area contributed by atoms with Crippen molar-refractivity contribution in [1.29, 1.82) is 0 Å². The van der Waals surface area contributed by atoms with E-state index in [-0.39, 0.29) is 18.8 Å². The van der Waals surface area contributed by atoms with Crippen LogP contribution in [0, 0.1) is 0 Å². The summed E-state index contributed by atoms with van der Waals surface area (Å²) in [6.07, 6.45) is 0.159. The van der Waals surface area contributed by atoms with Gasteiger partial charge < -0.3 is 14.2 Å². The van der Waals surface area contributed by atoms with Crippen molar-refractivity contribution >= 4 is 34.8 Å². The van der Waals surface area contributed by atoms with E-state index in [4.69, 9.17) is 14.2 Å². The minimum absolute atomic E-state index is 0.0286. The molecule has 3 aromatic rings. The number of ketones is 1. The third kappa shape index (κ3) is 4.53. The Morgan fingerprint density at radius 2 is 1.55 bits per heavy atom. The highest BCUT2D eigenvalue weighted by molar-refractivity contribution is 6.25. The molecule has 2 atom stereocenters. The normalized spacial score (nSPS) is 20.5. The van der Waals surface area contributed by atoms with Crippen LogP contribution in [0.1, 0.15) is 65.2 Å². The van der Waals surface area contributed by atoms with Gasteiger partial charge in [-0.2, -0.15) is 0 Å². The number of benzene rings is 2. The third-order valence-corrected chi connectivity index (χ3v) is 7.11. The highest BCUT2D eigenvalue weighted by atomic mass is 16.6. The lowest BCUT2D eigenvalue weighted by atomic mass is 9.78. The number of hydrogen-bond acceptors (Lipinski definition) is 7. The minimum Gasteiger partial charge on any atom is -0.487 e. The van der Waals surface area contributed by atoms with Crippen molar-refractivity contribution in [3.63, 3.8) is 0 Å². The number of nitrogens with zero attached hydrogens (tertiary/aromatic N) is 2. The average molecular weight is 547 g/mol. The van der Waals surface area contributed by atoms with Crippen molar-refractivity contribution in [2.45, 2.75) is 84.2 Å². The van der Waals surface area contributed by atoms with E-state index >= 15 is 0 Å². The summed E-state index contributed by atoms with van der Waals surface area (Å²) in [5, 5.41) is 0.576. The zero-order valence-corrected chi connectivity index (χ0v) is 23.9. The fourth-order valence-corrected chi connectivity index (χ4v) is 5.40. The zero-order chi connectivity index (χ0) is 29.2. The Bertz CT molecular complexity index is 1540. The van der Waals surface area contributed by atoms with Gasteiger partial charge in [-0.25, -0.2) is 19.1 Å². The molecule has 0 N–H and O–H groups in total. The topological polar surface area (TPSA) is 104 Å². The Labute approximate surface area is 233 Å². The fraction of sp³-hybridized carbons (Fsp3) is 0.419. The number of likely N-dealkylation sites (tertiary alicyclic amines) is 1. The van der Waals surface area contributed by atoms with Crippen LogP contribution in [0.3, 0.4) is 0 Å². The molecule has 210 valence electrons. The second-order valence-electron chi connectivity index (χ2n) is 12.5. The summed E-state index contributed by atoms with van der Waals surface area (Å²) in [7, 11) is 0. The molecular formula is C31H34N2O7. The molecule has 2 aliphatic rings. The summed E-state index contributed by atoms with van der Waals surface area (Å²) in [5.74, 6) is -0.626. The first kappa shape index (κ1) is 27.4. The monoisotopic (exact) mass is 546 g/mol. The van der Waals surface area contributed by atoms with Gasteiger partial charge in [0, 0.05) is 18.0 Å². The first-order valence-corrected chi connectivity index (χ1v) is 13.3.